The molecule has 0 radical (unpaired) electrons. The molecule has 3 heteroatoms. The standard InChI is InChI=1S/C17H32N2O/c1-2-4-13-5-3-6-15(10-7-13)19-16-11-8-14(9-12-16)17(18)20/h13-16,19H,2-12H2,1H3,(H2,18,20). The first-order valence-corrected chi connectivity index (χ1v) is 8.74. The molecule has 2 fully saturated rings. The Bertz CT molecular complexity index is 297. The number of hydrogen-bond donors (Lipinski definition) is 2. The molecule has 0 aromatic heterocycles. The maximum absolute atomic E-state index is 11.2. The topological polar surface area (TPSA) is 55.1 Å². The Kier molecular flexibility index (Phi) is 6.34. The van der Waals surface area contributed by atoms with Gasteiger partial charge in [-0.15, -0.1) is 0 Å². The van der Waals surface area contributed by atoms with E-state index >= 15 is 0 Å². The van der Waals surface area contributed by atoms with Gasteiger partial charge in [-0.25, -0.2) is 0 Å². The van der Waals surface area contributed by atoms with E-state index in [0.29, 0.717) is 12.1 Å². The highest BCUT2D eigenvalue weighted by Crippen LogP contribution is 2.29. The summed E-state index contributed by atoms with van der Waals surface area (Å²) in [5.74, 6) is 1.01. The van der Waals surface area contributed by atoms with E-state index in [1.54, 1.807) is 0 Å². The second kappa shape index (κ2) is 8.02. The fourth-order valence-corrected chi connectivity index (χ4v) is 4.12. The van der Waals surface area contributed by atoms with Gasteiger partial charge < -0.3 is 11.1 Å². The molecule has 2 aliphatic rings. The number of hydrogen-bond acceptors (Lipinski definition) is 2. The molecule has 3 nitrogen and oxygen atoms in total. The van der Waals surface area contributed by atoms with Gasteiger partial charge in [-0.05, 0) is 50.9 Å². The molecule has 2 rings (SSSR count). The largest absolute Gasteiger partial charge is 0.369 e. The minimum absolute atomic E-state index is 0.0969. The summed E-state index contributed by atoms with van der Waals surface area (Å²) >= 11 is 0. The maximum Gasteiger partial charge on any atom is 0.220 e. The van der Waals surface area contributed by atoms with Crippen LogP contribution in [0.1, 0.15) is 77.6 Å². The normalized spacial score (nSPS) is 35.5. The van der Waals surface area contributed by atoms with Crippen LogP contribution in [-0.4, -0.2) is 18.0 Å². The molecular weight excluding hydrogens is 248 g/mol. The Hall–Kier alpha value is -0.570. The van der Waals surface area contributed by atoms with Gasteiger partial charge in [-0.2, -0.15) is 0 Å². The highest BCUT2D eigenvalue weighted by Gasteiger charge is 2.27. The Balaban J connectivity index is 1.70. The number of nitrogens with one attached hydrogen (secondary N) is 1. The zero-order chi connectivity index (χ0) is 14.4. The van der Waals surface area contributed by atoms with Crippen molar-refractivity contribution in [3.63, 3.8) is 0 Å². The highest BCUT2D eigenvalue weighted by molar-refractivity contribution is 5.76. The summed E-state index contributed by atoms with van der Waals surface area (Å²) in [4.78, 5) is 11.2. The van der Waals surface area contributed by atoms with Gasteiger partial charge >= 0.3 is 0 Å². The molecule has 20 heavy (non-hydrogen) atoms. The van der Waals surface area contributed by atoms with Crippen LogP contribution in [0.4, 0.5) is 0 Å². The van der Waals surface area contributed by atoms with Crippen molar-refractivity contribution >= 4 is 5.91 Å². The van der Waals surface area contributed by atoms with Gasteiger partial charge in [0.05, 0.1) is 0 Å². The molecule has 0 spiro atoms. The molecule has 2 atom stereocenters. The summed E-state index contributed by atoms with van der Waals surface area (Å²) in [5, 5.41) is 3.87. The summed E-state index contributed by atoms with van der Waals surface area (Å²) in [6.45, 7) is 2.30. The minimum Gasteiger partial charge on any atom is -0.369 e. The Morgan fingerprint density at radius 1 is 1.00 bits per heavy atom. The maximum atomic E-state index is 11.2. The van der Waals surface area contributed by atoms with Gasteiger partial charge in [0.2, 0.25) is 5.91 Å². The van der Waals surface area contributed by atoms with Gasteiger partial charge in [-0.3, -0.25) is 4.79 Å². The lowest BCUT2D eigenvalue weighted by molar-refractivity contribution is -0.122. The summed E-state index contributed by atoms with van der Waals surface area (Å²) in [6.07, 6.45) is 13.9. The predicted molar refractivity (Wildman–Crippen MR) is 83.3 cm³/mol. The average molecular weight is 280 g/mol. The van der Waals surface area contributed by atoms with Gasteiger partial charge in [-0.1, -0.05) is 32.6 Å². The number of amides is 1. The van der Waals surface area contributed by atoms with Gasteiger partial charge in [0.25, 0.3) is 0 Å². The molecule has 2 aliphatic carbocycles. The molecule has 0 bridgehead atoms. The quantitative estimate of drug-likeness (QED) is 0.759. The first kappa shape index (κ1) is 15.8. The lowest BCUT2D eigenvalue weighted by Crippen LogP contribution is -2.41. The van der Waals surface area contributed by atoms with Gasteiger partial charge in [0.1, 0.15) is 0 Å². The summed E-state index contributed by atoms with van der Waals surface area (Å²) in [6, 6.07) is 1.34. The van der Waals surface area contributed by atoms with Gasteiger partial charge in [0, 0.05) is 18.0 Å². The minimum atomic E-state index is -0.0969. The van der Waals surface area contributed by atoms with Crippen molar-refractivity contribution in [1.82, 2.24) is 5.32 Å². The summed E-state index contributed by atoms with van der Waals surface area (Å²) < 4.78 is 0. The van der Waals surface area contributed by atoms with Crippen LogP contribution in [0, 0.1) is 11.8 Å². The fourth-order valence-electron chi connectivity index (χ4n) is 4.12. The first-order chi connectivity index (χ1) is 9.69. The van der Waals surface area contributed by atoms with Crippen LogP contribution in [0.2, 0.25) is 0 Å². The molecule has 2 unspecified atom stereocenters. The van der Waals surface area contributed by atoms with Crippen LogP contribution < -0.4 is 11.1 Å². The van der Waals surface area contributed by atoms with E-state index in [-0.39, 0.29) is 11.8 Å². The Morgan fingerprint density at radius 2 is 1.65 bits per heavy atom. The molecule has 0 saturated heterocycles. The smallest absolute Gasteiger partial charge is 0.220 e. The van der Waals surface area contributed by atoms with Crippen molar-refractivity contribution in [3.8, 4) is 0 Å². The van der Waals surface area contributed by atoms with Gasteiger partial charge in [0.15, 0.2) is 0 Å². The zero-order valence-electron chi connectivity index (χ0n) is 13.1. The molecule has 3 N–H and O–H groups in total. The SMILES string of the molecule is CCCC1CCCC(NC2CCC(C(N)=O)CC2)CC1. The summed E-state index contributed by atoms with van der Waals surface area (Å²) in [5.41, 5.74) is 5.40. The molecule has 0 aromatic rings. The third-order valence-corrected chi connectivity index (χ3v) is 5.39. The van der Waals surface area contributed by atoms with Crippen LogP contribution in [0.25, 0.3) is 0 Å². The van der Waals surface area contributed by atoms with Crippen LogP contribution >= 0.6 is 0 Å². The van der Waals surface area contributed by atoms with Crippen molar-refractivity contribution in [1.29, 1.82) is 0 Å². The Labute approximate surface area is 124 Å². The van der Waals surface area contributed by atoms with Crippen LogP contribution in [0.3, 0.4) is 0 Å². The number of carbonyl (C=O) groups excluding carboxylic acids is 1. The van der Waals surface area contributed by atoms with Crippen molar-refractivity contribution in [3.05, 3.63) is 0 Å². The number of primary amides is 1. The Morgan fingerprint density at radius 3 is 2.30 bits per heavy atom. The lowest BCUT2D eigenvalue weighted by atomic mass is 9.85. The second-order valence-electron chi connectivity index (χ2n) is 6.98. The van der Waals surface area contributed by atoms with E-state index in [1.165, 1.54) is 44.9 Å². The molecule has 1 amide bonds. The van der Waals surface area contributed by atoms with Crippen molar-refractivity contribution in [2.75, 3.05) is 0 Å². The third-order valence-electron chi connectivity index (χ3n) is 5.39. The number of nitrogens with two attached hydrogens (primary N) is 1. The van der Waals surface area contributed by atoms with Crippen molar-refractivity contribution in [2.24, 2.45) is 17.6 Å². The monoisotopic (exact) mass is 280 g/mol. The zero-order valence-corrected chi connectivity index (χ0v) is 13.1. The number of rotatable bonds is 5. The molecule has 2 saturated carbocycles. The second-order valence-corrected chi connectivity index (χ2v) is 6.98. The van der Waals surface area contributed by atoms with E-state index in [0.717, 1.165) is 31.6 Å². The predicted octanol–water partition coefficient (Wildman–Crippen LogP) is 3.37. The third kappa shape index (κ3) is 4.76. The molecular formula is C17H32N2O. The molecule has 0 aromatic carbocycles. The van der Waals surface area contributed by atoms with Crippen LogP contribution in [0.5, 0.6) is 0 Å². The number of carbonyl (C=O) groups is 1. The lowest BCUT2D eigenvalue weighted by Gasteiger charge is -2.31. The van der Waals surface area contributed by atoms with E-state index in [1.807, 2.05) is 0 Å². The van der Waals surface area contributed by atoms with E-state index in [2.05, 4.69) is 12.2 Å². The fraction of sp³-hybridized carbons (Fsp3) is 0.941. The molecule has 0 heterocycles. The van der Waals surface area contributed by atoms with E-state index in [9.17, 15) is 4.79 Å². The van der Waals surface area contributed by atoms with Crippen molar-refractivity contribution < 1.29 is 4.79 Å². The van der Waals surface area contributed by atoms with Crippen LogP contribution in [-0.2, 0) is 4.79 Å². The highest BCUT2D eigenvalue weighted by atomic mass is 16.1. The van der Waals surface area contributed by atoms with E-state index < -0.39 is 0 Å². The van der Waals surface area contributed by atoms with Crippen LogP contribution in [0.15, 0.2) is 0 Å². The van der Waals surface area contributed by atoms with Crippen molar-refractivity contribution in [2.45, 2.75) is 89.6 Å². The van der Waals surface area contributed by atoms with E-state index in [4.69, 9.17) is 5.73 Å². The molecule has 0 aliphatic heterocycles. The first-order valence-electron chi connectivity index (χ1n) is 8.74. The molecule has 116 valence electrons. The summed E-state index contributed by atoms with van der Waals surface area (Å²) in [7, 11) is 0. The average Bonchev–Trinajstić information content (AvgIpc) is 2.66.